The largest absolute Gasteiger partial charge is 0.497 e. The van der Waals surface area contributed by atoms with Crippen LogP contribution in [0.15, 0.2) is 92.0 Å². The SMILES string of the molecule is COc1ccc2c(CSc3nc4ccccc4c(=O)n3-c3ccc(F)cc3)cc(=O)oc2c1. The first kappa shape index (κ1) is 21.0. The molecule has 0 unspecified atom stereocenters. The Morgan fingerprint density at radius 1 is 1.00 bits per heavy atom. The highest BCUT2D eigenvalue weighted by Gasteiger charge is 2.15. The fourth-order valence-corrected chi connectivity index (χ4v) is 4.63. The molecule has 0 N–H and O–H groups in total. The predicted molar refractivity (Wildman–Crippen MR) is 126 cm³/mol. The molecule has 0 saturated carbocycles. The molecule has 164 valence electrons. The number of fused-ring (bicyclic) bond motifs is 2. The number of nitrogens with zero attached hydrogens (tertiary/aromatic N) is 2. The Balaban J connectivity index is 1.62. The second kappa shape index (κ2) is 8.55. The molecular weight excluding hydrogens is 443 g/mol. The van der Waals surface area contributed by atoms with Gasteiger partial charge >= 0.3 is 5.63 Å². The van der Waals surface area contributed by atoms with E-state index in [0.717, 1.165) is 10.9 Å². The van der Waals surface area contributed by atoms with Crippen LogP contribution in [0.25, 0.3) is 27.6 Å². The quantitative estimate of drug-likeness (QED) is 0.210. The normalized spacial score (nSPS) is 11.2. The van der Waals surface area contributed by atoms with Gasteiger partial charge in [-0.2, -0.15) is 0 Å². The molecule has 0 atom stereocenters. The minimum Gasteiger partial charge on any atom is -0.497 e. The summed E-state index contributed by atoms with van der Waals surface area (Å²) in [5, 5.41) is 1.66. The van der Waals surface area contributed by atoms with E-state index >= 15 is 0 Å². The Morgan fingerprint density at radius 2 is 1.79 bits per heavy atom. The van der Waals surface area contributed by atoms with Crippen molar-refractivity contribution in [3.05, 3.63) is 105 Å². The van der Waals surface area contributed by atoms with Gasteiger partial charge in [0.05, 0.1) is 23.7 Å². The van der Waals surface area contributed by atoms with Crippen LogP contribution in [0.4, 0.5) is 4.39 Å². The van der Waals surface area contributed by atoms with Crippen LogP contribution in [0.1, 0.15) is 5.56 Å². The third-order valence-electron chi connectivity index (χ3n) is 5.22. The van der Waals surface area contributed by atoms with E-state index in [2.05, 4.69) is 0 Å². The van der Waals surface area contributed by atoms with E-state index in [0.29, 0.717) is 38.8 Å². The molecule has 0 saturated heterocycles. The van der Waals surface area contributed by atoms with Gasteiger partial charge in [0.2, 0.25) is 0 Å². The van der Waals surface area contributed by atoms with Crippen LogP contribution in [-0.2, 0) is 5.75 Å². The topological polar surface area (TPSA) is 74.3 Å². The van der Waals surface area contributed by atoms with Gasteiger partial charge in [0.1, 0.15) is 17.1 Å². The van der Waals surface area contributed by atoms with E-state index in [-0.39, 0.29) is 5.56 Å². The molecule has 0 aliphatic carbocycles. The van der Waals surface area contributed by atoms with Crippen LogP contribution >= 0.6 is 11.8 Å². The Morgan fingerprint density at radius 3 is 2.58 bits per heavy atom. The number of hydrogen-bond donors (Lipinski definition) is 0. The van der Waals surface area contributed by atoms with Crippen molar-refractivity contribution < 1.29 is 13.5 Å². The summed E-state index contributed by atoms with van der Waals surface area (Å²) in [5.41, 5.74) is 1.49. The zero-order chi connectivity index (χ0) is 22.9. The average molecular weight is 460 g/mol. The molecule has 3 aromatic carbocycles. The highest BCUT2D eigenvalue weighted by atomic mass is 32.2. The number of methoxy groups -OCH3 is 1. The molecule has 2 aromatic heterocycles. The Kier molecular flexibility index (Phi) is 5.43. The molecule has 6 nitrogen and oxygen atoms in total. The standard InChI is InChI=1S/C25H17FN2O4S/c1-31-18-10-11-19-15(12-23(29)32-22(19)13-18)14-33-25-27-21-5-3-2-4-20(21)24(30)28(25)17-8-6-16(26)7-9-17/h2-13H,14H2,1H3. The van der Waals surface area contributed by atoms with Gasteiger partial charge in [-0.05, 0) is 54.1 Å². The van der Waals surface area contributed by atoms with Crippen molar-refractivity contribution in [2.24, 2.45) is 0 Å². The molecule has 5 aromatic rings. The van der Waals surface area contributed by atoms with Gasteiger partial charge in [-0.25, -0.2) is 14.2 Å². The van der Waals surface area contributed by atoms with Gasteiger partial charge in [0.25, 0.3) is 5.56 Å². The van der Waals surface area contributed by atoms with Crippen molar-refractivity contribution in [2.75, 3.05) is 7.11 Å². The monoisotopic (exact) mass is 460 g/mol. The fraction of sp³-hybridized carbons (Fsp3) is 0.0800. The highest BCUT2D eigenvalue weighted by Crippen LogP contribution is 2.29. The van der Waals surface area contributed by atoms with E-state index in [9.17, 15) is 14.0 Å². The molecule has 0 bridgehead atoms. The van der Waals surface area contributed by atoms with Crippen LogP contribution in [-0.4, -0.2) is 16.7 Å². The van der Waals surface area contributed by atoms with Crippen LogP contribution in [0.5, 0.6) is 5.75 Å². The van der Waals surface area contributed by atoms with Crippen molar-refractivity contribution in [3.8, 4) is 11.4 Å². The van der Waals surface area contributed by atoms with Crippen LogP contribution < -0.4 is 15.9 Å². The molecule has 0 aliphatic heterocycles. The summed E-state index contributed by atoms with van der Waals surface area (Å²) in [7, 11) is 1.54. The lowest BCUT2D eigenvalue weighted by Gasteiger charge is -2.14. The fourth-order valence-electron chi connectivity index (χ4n) is 3.63. The molecule has 0 fully saturated rings. The molecule has 0 aliphatic rings. The maximum absolute atomic E-state index is 13.5. The maximum Gasteiger partial charge on any atom is 0.336 e. The Hall–Kier alpha value is -3.91. The number of ether oxygens (including phenoxy) is 1. The van der Waals surface area contributed by atoms with Crippen LogP contribution in [0, 0.1) is 5.82 Å². The van der Waals surface area contributed by atoms with Gasteiger partial charge in [-0.3, -0.25) is 9.36 Å². The molecule has 0 spiro atoms. The molecule has 5 rings (SSSR count). The van der Waals surface area contributed by atoms with E-state index in [1.54, 1.807) is 37.4 Å². The number of benzene rings is 3. The second-order valence-electron chi connectivity index (χ2n) is 7.27. The molecular formula is C25H17FN2O4S. The molecule has 0 radical (unpaired) electrons. The van der Waals surface area contributed by atoms with Crippen molar-refractivity contribution in [2.45, 2.75) is 10.9 Å². The third kappa shape index (κ3) is 4.01. The first-order valence-electron chi connectivity index (χ1n) is 10.0. The minimum absolute atomic E-state index is 0.253. The Bertz CT molecular complexity index is 1610. The van der Waals surface area contributed by atoms with Gasteiger partial charge in [0, 0.05) is 23.3 Å². The summed E-state index contributed by atoms with van der Waals surface area (Å²) >= 11 is 1.31. The lowest BCUT2D eigenvalue weighted by atomic mass is 10.1. The van der Waals surface area contributed by atoms with E-state index in [4.69, 9.17) is 14.1 Å². The van der Waals surface area contributed by atoms with Crippen molar-refractivity contribution >= 4 is 33.6 Å². The average Bonchev–Trinajstić information content (AvgIpc) is 2.83. The summed E-state index contributed by atoms with van der Waals surface area (Å²) < 4.78 is 25.5. The van der Waals surface area contributed by atoms with Crippen molar-refractivity contribution in [3.63, 3.8) is 0 Å². The van der Waals surface area contributed by atoms with Crippen molar-refractivity contribution in [1.82, 2.24) is 9.55 Å². The summed E-state index contributed by atoms with van der Waals surface area (Å²) in [6.45, 7) is 0. The Labute approximate surface area is 191 Å². The number of hydrogen-bond acceptors (Lipinski definition) is 6. The van der Waals surface area contributed by atoms with Gasteiger partial charge in [-0.1, -0.05) is 23.9 Å². The number of rotatable bonds is 5. The van der Waals surface area contributed by atoms with Gasteiger partial charge in [0.15, 0.2) is 5.16 Å². The number of halogens is 1. The smallest absolute Gasteiger partial charge is 0.336 e. The summed E-state index contributed by atoms with van der Waals surface area (Å²) in [5.74, 6) is 0.546. The highest BCUT2D eigenvalue weighted by molar-refractivity contribution is 7.98. The van der Waals surface area contributed by atoms with E-state index in [1.807, 2.05) is 12.1 Å². The van der Waals surface area contributed by atoms with Crippen molar-refractivity contribution in [1.29, 1.82) is 0 Å². The van der Waals surface area contributed by atoms with E-state index in [1.165, 1.54) is 46.7 Å². The zero-order valence-corrected chi connectivity index (χ0v) is 18.3. The number of para-hydroxylation sites is 1. The second-order valence-corrected chi connectivity index (χ2v) is 8.21. The predicted octanol–water partition coefficient (Wildman–Crippen LogP) is 4.93. The molecule has 8 heteroatoms. The third-order valence-corrected chi connectivity index (χ3v) is 6.21. The minimum atomic E-state index is -0.478. The summed E-state index contributed by atoms with van der Waals surface area (Å²) in [6, 6.07) is 19.5. The van der Waals surface area contributed by atoms with E-state index < -0.39 is 11.4 Å². The first-order chi connectivity index (χ1) is 16.0. The first-order valence-corrected chi connectivity index (χ1v) is 11.0. The summed E-state index contributed by atoms with van der Waals surface area (Å²) in [6.07, 6.45) is 0. The summed E-state index contributed by atoms with van der Waals surface area (Å²) in [4.78, 5) is 30.2. The lowest BCUT2D eigenvalue weighted by molar-refractivity contribution is 0.414. The maximum atomic E-state index is 13.5. The molecule has 2 heterocycles. The van der Waals surface area contributed by atoms with Gasteiger partial charge < -0.3 is 9.15 Å². The lowest BCUT2D eigenvalue weighted by Crippen LogP contribution is -2.21. The number of aromatic nitrogens is 2. The van der Waals surface area contributed by atoms with Crippen LogP contribution in [0.2, 0.25) is 0 Å². The van der Waals surface area contributed by atoms with Crippen LogP contribution in [0.3, 0.4) is 0 Å². The molecule has 33 heavy (non-hydrogen) atoms. The van der Waals surface area contributed by atoms with Gasteiger partial charge in [-0.15, -0.1) is 0 Å². The molecule has 0 amide bonds. The zero-order valence-electron chi connectivity index (χ0n) is 17.4. The number of thioether (sulfide) groups is 1.